The van der Waals surface area contributed by atoms with Crippen molar-refractivity contribution in [2.45, 2.75) is 93.0 Å². The Morgan fingerprint density at radius 2 is 1.85 bits per heavy atom. The minimum Gasteiger partial charge on any atom is -0.483 e. The summed E-state index contributed by atoms with van der Waals surface area (Å²) in [6.45, 7) is 15.8. The average molecular weight is 567 g/mol. The smallest absolute Gasteiger partial charge is 0.290 e. The molecule has 0 bridgehead atoms. The molecule has 10 heteroatoms. The fourth-order valence-electron chi connectivity index (χ4n) is 3.85. The van der Waals surface area contributed by atoms with E-state index in [2.05, 4.69) is 50.5 Å². The molecule has 1 aliphatic carbocycles. The van der Waals surface area contributed by atoms with E-state index in [1.54, 1.807) is 0 Å². The number of Topliss-reactive ketones (excluding diaryl/α,β-unsaturated/α-hetero) is 1. The fourth-order valence-corrected chi connectivity index (χ4v) is 4.93. The number of carbonyl (C=O) groups excluding carboxylic acids is 3. The van der Waals surface area contributed by atoms with Crippen LogP contribution in [0.15, 0.2) is 33.9 Å². The summed E-state index contributed by atoms with van der Waals surface area (Å²) >= 11 is 1.84. The molecule has 1 atom stereocenters. The third kappa shape index (κ3) is 13.4. The number of nitrogens with zero attached hydrogens (tertiary/aromatic N) is 1. The number of rotatable bonds is 7. The lowest BCUT2D eigenvalue weighted by atomic mass is 9.97. The van der Waals surface area contributed by atoms with Gasteiger partial charge in [-0.2, -0.15) is 0 Å². The molecule has 39 heavy (non-hydrogen) atoms. The quantitative estimate of drug-likeness (QED) is 0.263. The van der Waals surface area contributed by atoms with E-state index < -0.39 is 17.7 Å². The number of likely N-dealkylation sites (tertiary alicyclic amines) is 1. The molecular formula is C29H50N4O5S. The van der Waals surface area contributed by atoms with Gasteiger partial charge in [-0.1, -0.05) is 59.3 Å². The molecule has 1 saturated heterocycles. The van der Waals surface area contributed by atoms with Gasteiger partial charge in [0, 0.05) is 30.1 Å². The van der Waals surface area contributed by atoms with Gasteiger partial charge in [0.1, 0.15) is 6.04 Å². The number of nitrogens with two attached hydrogens (primary N) is 1. The number of thioether (sulfide) groups is 1. The van der Waals surface area contributed by atoms with Gasteiger partial charge in [-0.25, -0.2) is 0 Å². The summed E-state index contributed by atoms with van der Waals surface area (Å²) in [7, 11) is 0. The lowest BCUT2D eigenvalue weighted by Gasteiger charge is -2.24. The average Bonchev–Trinajstić information content (AvgIpc) is 3.58. The van der Waals surface area contributed by atoms with E-state index >= 15 is 0 Å². The number of carboxylic acid groups (broad SMARTS) is 1. The van der Waals surface area contributed by atoms with E-state index in [1.165, 1.54) is 26.6 Å². The Hall–Kier alpha value is -2.59. The Balaban J connectivity index is 0.00000113. The maximum atomic E-state index is 12.6. The first-order chi connectivity index (χ1) is 18.5. The number of amides is 2. The predicted octanol–water partition coefficient (Wildman–Crippen LogP) is 4.35. The zero-order valence-corrected chi connectivity index (χ0v) is 25.7. The summed E-state index contributed by atoms with van der Waals surface area (Å²) in [5.74, 6) is -0.114. The van der Waals surface area contributed by atoms with Crippen molar-refractivity contribution in [2.24, 2.45) is 11.1 Å². The highest BCUT2D eigenvalue weighted by Crippen LogP contribution is 2.35. The maximum Gasteiger partial charge on any atom is 0.290 e. The lowest BCUT2D eigenvalue weighted by molar-refractivity contribution is -0.147. The zero-order valence-electron chi connectivity index (χ0n) is 24.9. The molecule has 0 aromatic rings. The SMILES string of the molecule is CC.CC(C)(C)CN.CCCC(=O)C(=O)N1CCCC1C(=O)NCC1=CC=C(C2=C(C)NCS2)CC1.O=CO. The Bertz CT molecular complexity index is 906. The predicted molar refractivity (Wildman–Crippen MR) is 160 cm³/mol. The molecule has 0 aromatic heterocycles. The highest BCUT2D eigenvalue weighted by atomic mass is 32.2. The lowest BCUT2D eigenvalue weighted by Crippen LogP contribution is -2.48. The van der Waals surface area contributed by atoms with E-state index in [1.807, 2.05) is 32.5 Å². The first-order valence-corrected chi connectivity index (χ1v) is 14.8. The maximum absolute atomic E-state index is 12.6. The van der Waals surface area contributed by atoms with Crippen LogP contribution < -0.4 is 16.4 Å². The first kappa shape index (κ1) is 36.4. The number of allylic oxidation sites excluding steroid dienone is 4. The van der Waals surface area contributed by atoms with Gasteiger partial charge in [-0.3, -0.25) is 19.2 Å². The number of ketones is 1. The molecule has 0 radical (unpaired) electrons. The van der Waals surface area contributed by atoms with Crippen LogP contribution in [0.1, 0.15) is 87.0 Å². The summed E-state index contributed by atoms with van der Waals surface area (Å²) in [5.41, 5.74) is 9.40. The number of hydrogen-bond donors (Lipinski definition) is 4. The normalized spacial score (nSPS) is 18.1. The van der Waals surface area contributed by atoms with Crippen molar-refractivity contribution >= 4 is 35.8 Å². The van der Waals surface area contributed by atoms with Crippen molar-refractivity contribution in [1.29, 1.82) is 0 Å². The van der Waals surface area contributed by atoms with Crippen molar-refractivity contribution in [1.82, 2.24) is 15.5 Å². The van der Waals surface area contributed by atoms with Crippen molar-refractivity contribution in [3.05, 3.63) is 33.9 Å². The van der Waals surface area contributed by atoms with Gasteiger partial charge in [0.2, 0.25) is 11.7 Å². The molecule has 3 aliphatic rings. The molecule has 9 nitrogen and oxygen atoms in total. The van der Waals surface area contributed by atoms with Crippen LogP contribution in [0.5, 0.6) is 0 Å². The highest BCUT2D eigenvalue weighted by Gasteiger charge is 2.36. The molecular weight excluding hydrogens is 516 g/mol. The van der Waals surface area contributed by atoms with E-state index in [4.69, 9.17) is 15.6 Å². The topological polar surface area (TPSA) is 142 Å². The molecule has 0 spiro atoms. The second-order valence-corrected chi connectivity index (χ2v) is 11.3. The Kier molecular flexibility index (Phi) is 18.2. The van der Waals surface area contributed by atoms with Gasteiger partial charge in [0.25, 0.3) is 12.4 Å². The van der Waals surface area contributed by atoms with Crippen LogP contribution in [0.3, 0.4) is 0 Å². The molecule has 1 fully saturated rings. The number of hydrogen-bond acceptors (Lipinski definition) is 7. The van der Waals surface area contributed by atoms with Crippen LogP contribution in [-0.4, -0.2) is 65.6 Å². The van der Waals surface area contributed by atoms with E-state index in [0.29, 0.717) is 31.3 Å². The first-order valence-electron chi connectivity index (χ1n) is 13.8. The van der Waals surface area contributed by atoms with Crippen LogP contribution >= 0.6 is 11.8 Å². The van der Waals surface area contributed by atoms with Gasteiger partial charge < -0.3 is 26.4 Å². The van der Waals surface area contributed by atoms with E-state index in [-0.39, 0.29) is 18.8 Å². The molecule has 2 heterocycles. The van der Waals surface area contributed by atoms with Gasteiger partial charge in [-0.05, 0) is 56.6 Å². The van der Waals surface area contributed by atoms with Crippen LogP contribution in [0, 0.1) is 5.41 Å². The number of carbonyl (C=O) groups is 4. The monoisotopic (exact) mass is 566 g/mol. The van der Waals surface area contributed by atoms with Gasteiger partial charge in [0.05, 0.1) is 5.88 Å². The minimum atomic E-state index is -0.516. The van der Waals surface area contributed by atoms with Crippen LogP contribution in [-0.2, 0) is 19.2 Å². The molecule has 222 valence electrons. The van der Waals surface area contributed by atoms with Crippen molar-refractivity contribution in [3.8, 4) is 0 Å². The van der Waals surface area contributed by atoms with Gasteiger partial charge >= 0.3 is 0 Å². The molecule has 2 amide bonds. The highest BCUT2D eigenvalue weighted by molar-refractivity contribution is 8.03. The van der Waals surface area contributed by atoms with Gasteiger partial charge in [0.15, 0.2) is 0 Å². The van der Waals surface area contributed by atoms with Crippen LogP contribution in [0.2, 0.25) is 0 Å². The van der Waals surface area contributed by atoms with Crippen molar-refractivity contribution in [2.75, 3.05) is 25.5 Å². The summed E-state index contributed by atoms with van der Waals surface area (Å²) in [6, 6.07) is -0.516. The van der Waals surface area contributed by atoms with Crippen LogP contribution in [0.4, 0.5) is 0 Å². The zero-order chi connectivity index (χ0) is 30.0. The molecule has 0 aromatic carbocycles. The molecule has 5 N–H and O–H groups in total. The Labute approximate surface area is 239 Å². The largest absolute Gasteiger partial charge is 0.483 e. The summed E-state index contributed by atoms with van der Waals surface area (Å²) < 4.78 is 0. The molecule has 3 rings (SSSR count). The minimum absolute atomic E-state index is 0.153. The Morgan fingerprint density at radius 1 is 1.23 bits per heavy atom. The van der Waals surface area contributed by atoms with Gasteiger partial charge in [-0.15, -0.1) is 11.8 Å². The van der Waals surface area contributed by atoms with Crippen molar-refractivity contribution in [3.63, 3.8) is 0 Å². The second-order valence-electron chi connectivity index (χ2n) is 10.4. The van der Waals surface area contributed by atoms with E-state index in [0.717, 1.165) is 31.7 Å². The third-order valence-electron chi connectivity index (χ3n) is 6.06. The summed E-state index contributed by atoms with van der Waals surface area (Å²) in [5, 5.41) is 13.2. The second kappa shape index (κ2) is 19.5. The standard InChI is InChI=1S/C21H29N3O3S.C5H13N.C2H6.CH2O2/c1-3-5-18(25)21(27)24-11-4-6-17(24)20(26)22-12-15-7-9-16(10-8-15)19-14(2)23-13-28-19;1-5(2,3)4-6;1-2;2-1-3/h7,9,17,23H,3-6,8,10-13H2,1-2H3,(H,22,26);4,6H2,1-3H3;1-2H3;1H,(H,2,3). The summed E-state index contributed by atoms with van der Waals surface area (Å²) in [6.07, 6.45) is 8.42. The summed E-state index contributed by atoms with van der Waals surface area (Å²) in [4.78, 5) is 48.0. The van der Waals surface area contributed by atoms with Crippen molar-refractivity contribution < 1.29 is 24.3 Å². The molecule has 1 unspecified atom stereocenters. The molecule has 2 aliphatic heterocycles. The Morgan fingerprint density at radius 3 is 2.31 bits per heavy atom. The third-order valence-corrected chi connectivity index (χ3v) is 7.20. The molecule has 0 saturated carbocycles. The van der Waals surface area contributed by atoms with E-state index in [9.17, 15) is 14.4 Å². The van der Waals surface area contributed by atoms with Crippen LogP contribution in [0.25, 0.3) is 0 Å². The number of nitrogens with one attached hydrogen (secondary N) is 2. The fraction of sp³-hybridized carbons (Fsp3) is 0.655.